The van der Waals surface area contributed by atoms with Gasteiger partial charge in [0.2, 0.25) is 11.8 Å². The molecule has 0 atom stereocenters. The molecule has 0 radical (unpaired) electrons. The Hall–Kier alpha value is -2.02. The number of likely N-dealkylation sites (N-methyl/N-ethyl adjacent to an activating group) is 1. The van der Waals surface area contributed by atoms with Crippen LogP contribution < -0.4 is 5.32 Å². The molecule has 6 nitrogen and oxygen atoms in total. The highest BCUT2D eigenvalue weighted by Crippen LogP contribution is 2.23. The van der Waals surface area contributed by atoms with Gasteiger partial charge in [-0.25, -0.2) is 4.98 Å². The highest BCUT2D eigenvalue weighted by molar-refractivity contribution is 7.99. The van der Waals surface area contributed by atoms with E-state index in [1.807, 2.05) is 52.0 Å². The molecule has 0 spiro atoms. The molecule has 0 saturated carbocycles. The predicted molar refractivity (Wildman–Crippen MR) is 94.9 cm³/mol. The number of hydrogen-bond acceptors (Lipinski definition) is 5. The number of benzene rings is 1. The first-order valence-corrected chi connectivity index (χ1v) is 8.84. The van der Waals surface area contributed by atoms with E-state index in [1.54, 1.807) is 0 Å². The summed E-state index contributed by atoms with van der Waals surface area (Å²) in [6.45, 7) is 8.11. The zero-order valence-corrected chi connectivity index (χ0v) is 15.3. The molecule has 0 fully saturated rings. The minimum atomic E-state index is -0.313. The second-order valence-corrected chi connectivity index (χ2v) is 7.37. The zero-order chi connectivity index (χ0) is 17.7. The molecule has 0 saturated heterocycles. The number of carbonyl (C=O) groups is 2. The summed E-state index contributed by atoms with van der Waals surface area (Å²) in [6, 6.07) is 7.46. The van der Waals surface area contributed by atoms with Crippen molar-refractivity contribution in [2.75, 3.05) is 18.8 Å². The van der Waals surface area contributed by atoms with E-state index < -0.39 is 0 Å². The average Bonchev–Trinajstić information content (AvgIpc) is 2.91. The largest absolute Gasteiger partial charge is 0.431 e. The molecule has 1 N–H and O–H groups in total. The Morgan fingerprint density at radius 3 is 2.62 bits per heavy atom. The number of thioether (sulfide) groups is 1. The molecule has 0 aliphatic rings. The molecule has 0 aliphatic heterocycles. The minimum Gasteiger partial charge on any atom is -0.431 e. The van der Waals surface area contributed by atoms with Crippen molar-refractivity contribution in [3.63, 3.8) is 0 Å². The van der Waals surface area contributed by atoms with Gasteiger partial charge in [-0.3, -0.25) is 9.59 Å². The van der Waals surface area contributed by atoms with E-state index in [9.17, 15) is 9.59 Å². The fourth-order valence-corrected chi connectivity index (χ4v) is 2.88. The van der Waals surface area contributed by atoms with Crippen LogP contribution in [0.2, 0.25) is 0 Å². The van der Waals surface area contributed by atoms with Gasteiger partial charge in [0.15, 0.2) is 5.58 Å². The van der Waals surface area contributed by atoms with E-state index in [4.69, 9.17) is 4.42 Å². The highest BCUT2D eigenvalue weighted by atomic mass is 32.2. The van der Waals surface area contributed by atoms with Crippen LogP contribution in [-0.2, 0) is 9.59 Å². The molecule has 1 heterocycles. The minimum absolute atomic E-state index is 0.0563. The van der Waals surface area contributed by atoms with Gasteiger partial charge in [-0.15, -0.1) is 0 Å². The van der Waals surface area contributed by atoms with Crippen molar-refractivity contribution in [3.05, 3.63) is 24.3 Å². The average molecular weight is 349 g/mol. The fraction of sp³-hybridized carbons (Fsp3) is 0.471. The number of oxazole rings is 1. The first-order valence-electron chi connectivity index (χ1n) is 7.85. The molecule has 7 heteroatoms. The number of aromatic nitrogens is 1. The smallest absolute Gasteiger partial charge is 0.257 e. The van der Waals surface area contributed by atoms with E-state index >= 15 is 0 Å². The summed E-state index contributed by atoms with van der Waals surface area (Å²) in [5.41, 5.74) is 1.15. The van der Waals surface area contributed by atoms with Crippen LogP contribution in [0.25, 0.3) is 11.1 Å². The molecule has 2 amide bonds. The van der Waals surface area contributed by atoms with Crippen LogP contribution in [-0.4, -0.2) is 46.1 Å². The van der Waals surface area contributed by atoms with Gasteiger partial charge in [-0.05, 0) is 39.8 Å². The Bertz CT molecular complexity index is 688. The molecule has 0 aliphatic carbocycles. The Morgan fingerprint density at radius 1 is 1.29 bits per heavy atom. The van der Waals surface area contributed by atoms with Crippen LogP contribution in [0.5, 0.6) is 0 Å². The number of fused-ring (bicyclic) bond motifs is 1. The van der Waals surface area contributed by atoms with Crippen LogP contribution >= 0.6 is 11.8 Å². The number of carbonyl (C=O) groups excluding carboxylic acids is 2. The topological polar surface area (TPSA) is 75.4 Å². The molecule has 24 heavy (non-hydrogen) atoms. The van der Waals surface area contributed by atoms with Crippen LogP contribution in [0.4, 0.5) is 0 Å². The van der Waals surface area contributed by atoms with Crippen molar-refractivity contribution in [2.24, 2.45) is 0 Å². The monoisotopic (exact) mass is 349 g/mol. The summed E-state index contributed by atoms with van der Waals surface area (Å²) < 4.78 is 5.58. The van der Waals surface area contributed by atoms with E-state index in [0.717, 1.165) is 5.52 Å². The Balaban J connectivity index is 1.90. The van der Waals surface area contributed by atoms with E-state index in [0.29, 0.717) is 17.4 Å². The normalized spacial score (nSPS) is 11.5. The third-order valence-corrected chi connectivity index (χ3v) is 3.99. The first kappa shape index (κ1) is 18.3. The van der Waals surface area contributed by atoms with Crippen molar-refractivity contribution >= 4 is 34.7 Å². The van der Waals surface area contributed by atoms with Crippen molar-refractivity contribution < 1.29 is 14.0 Å². The van der Waals surface area contributed by atoms with Crippen LogP contribution in [0.1, 0.15) is 27.7 Å². The molecule has 130 valence electrons. The maximum atomic E-state index is 12.3. The summed E-state index contributed by atoms with van der Waals surface area (Å²) in [4.78, 5) is 30.2. The summed E-state index contributed by atoms with van der Waals surface area (Å²) in [5.74, 6) is -0.0953. The number of hydrogen-bond donors (Lipinski definition) is 1. The second-order valence-electron chi connectivity index (χ2n) is 6.44. The standard InChI is InChI=1S/C17H23N3O3S/c1-5-20(10-14(21)19-17(2,3)4)15(22)11-24-16-18-12-8-6-7-9-13(12)23-16/h6-9H,5,10-11H2,1-4H3,(H,19,21). The van der Waals surface area contributed by atoms with Crippen molar-refractivity contribution in [2.45, 2.75) is 38.5 Å². The summed E-state index contributed by atoms with van der Waals surface area (Å²) in [6.07, 6.45) is 0. The summed E-state index contributed by atoms with van der Waals surface area (Å²) >= 11 is 1.24. The zero-order valence-electron chi connectivity index (χ0n) is 14.5. The predicted octanol–water partition coefficient (Wildman–Crippen LogP) is 2.68. The van der Waals surface area contributed by atoms with Crippen LogP contribution in [0.3, 0.4) is 0 Å². The third-order valence-electron chi connectivity index (χ3n) is 3.18. The van der Waals surface area contributed by atoms with Gasteiger partial charge in [0.25, 0.3) is 5.22 Å². The van der Waals surface area contributed by atoms with Crippen LogP contribution in [0, 0.1) is 0 Å². The van der Waals surface area contributed by atoms with Gasteiger partial charge in [-0.1, -0.05) is 23.9 Å². The molecule has 2 aromatic rings. The van der Waals surface area contributed by atoms with Gasteiger partial charge in [0, 0.05) is 12.1 Å². The molecule has 0 unspecified atom stereocenters. The number of para-hydroxylation sites is 2. The van der Waals surface area contributed by atoms with Crippen molar-refractivity contribution in [1.29, 1.82) is 0 Å². The van der Waals surface area contributed by atoms with E-state index in [1.165, 1.54) is 16.7 Å². The molecular formula is C17H23N3O3S. The van der Waals surface area contributed by atoms with E-state index in [2.05, 4.69) is 10.3 Å². The third kappa shape index (κ3) is 5.26. The number of rotatable bonds is 6. The lowest BCUT2D eigenvalue weighted by molar-refractivity contribution is -0.134. The van der Waals surface area contributed by atoms with E-state index in [-0.39, 0.29) is 29.7 Å². The second kappa shape index (κ2) is 7.70. The lowest BCUT2D eigenvalue weighted by atomic mass is 10.1. The van der Waals surface area contributed by atoms with Gasteiger partial charge < -0.3 is 14.6 Å². The quantitative estimate of drug-likeness (QED) is 0.812. The highest BCUT2D eigenvalue weighted by Gasteiger charge is 2.20. The lowest BCUT2D eigenvalue weighted by Crippen LogP contribution is -2.47. The Morgan fingerprint density at radius 2 is 2.00 bits per heavy atom. The molecule has 1 aromatic heterocycles. The molecule has 0 bridgehead atoms. The molecular weight excluding hydrogens is 326 g/mol. The number of nitrogens with zero attached hydrogens (tertiary/aromatic N) is 2. The first-order chi connectivity index (χ1) is 11.3. The van der Waals surface area contributed by atoms with Gasteiger partial charge in [0.05, 0.1) is 12.3 Å². The van der Waals surface area contributed by atoms with Gasteiger partial charge in [-0.2, -0.15) is 0 Å². The maximum absolute atomic E-state index is 12.3. The summed E-state index contributed by atoms with van der Waals surface area (Å²) in [7, 11) is 0. The van der Waals surface area contributed by atoms with Gasteiger partial charge >= 0.3 is 0 Å². The molecule has 1 aromatic carbocycles. The number of nitrogens with one attached hydrogen (secondary N) is 1. The number of amides is 2. The van der Waals surface area contributed by atoms with Crippen LogP contribution in [0.15, 0.2) is 33.9 Å². The SMILES string of the molecule is CCN(CC(=O)NC(C)(C)C)C(=O)CSc1nc2ccccc2o1. The van der Waals surface area contributed by atoms with Crippen molar-refractivity contribution in [1.82, 2.24) is 15.2 Å². The maximum Gasteiger partial charge on any atom is 0.257 e. The fourth-order valence-electron chi connectivity index (χ4n) is 2.14. The summed E-state index contributed by atoms with van der Waals surface area (Å²) in [5, 5.41) is 3.32. The Labute approximate surface area is 146 Å². The Kier molecular flexibility index (Phi) is 5.88. The van der Waals surface area contributed by atoms with Gasteiger partial charge in [0.1, 0.15) is 5.52 Å². The van der Waals surface area contributed by atoms with Crippen molar-refractivity contribution in [3.8, 4) is 0 Å². The lowest BCUT2D eigenvalue weighted by Gasteiger charge is -2.24. The molecule has 2 rings (SSSR count).